The Balaban J connectivity index is 1.34. The van der Waals surface area contributed by atoms with Crippen molar-refractivity contribution >= 4 is 23.2 Å². The van der Waals surface area contributed by atoms with Crippen LogP contribution in [0.5, 0.6) is 0 Å². The third-order valence-corrected chi connectivity index (χ3v) is 8.36. The van der Waals surface area contributed by atoms with Crippen LogP contribution in [-0.2, 0) is 6.42 Å². The van der Waals surface area contributed by atoms with Gasteiger partial charge in [0.05, 0.1) is 18.2 Å². The quantitative estimate of drug-likeness (QED) is 0.393. The lowest BCUT2D eigenvalue weighted by Gasteiger charge is -2.29. The highest BCUT2D eigenvalue weighted by Crippen LogP contribution is 2.34. The molecule has 2 aliphatic rings. The second-order valence-corrected chi connectivity index (χ2v) is 11.1. The highest BCUT2D eigenvalue weighted by molar-refractivity contribution is 7.09. The zero-order chi connectivity index (χ0) is 27.5. The number of rotatable bonds is 8. The molecule has 2 saturated heterocycles. The smallest absolute Gasteiger partial charge is 0.273 e. The maximum Gasteiger partial charge on any atom is 0.273 e. The Hall–Kier alpha value is -3.28. The number of likely N-dealkylation sites (tertiary alicyclic amines) is 1. The van der Waals surface area contributed by atoms with Gasteiger partial charge in [-0.05, 0) is 75.4 Å². The molecule has 1 aromatic carbocycles. The monoisotopic (exact) mass is 555 g/mol. The molecule has 0 radical (unpaired) electrons. The summed E-state index contributed by atoms with van der Waals surface area (Å²) < 4.78 is 27.7. The molecule has 11 heteroatoms. The number of amides is 2. The van der Waals surface area contributed by atoms with Gasteiger partial charge in [0.1, 0.15) is 22.3 Å². The number of carbonyl (C=O) groups excluding carboxylic acids is 2. The molecule has 0 bridgehead atoms. The predicted molar refractivity (Wildman–Crippen MR) is 142 cm³/mol. The maximum atomic E-state index is 13.8. The van der Waals surface area contributed by atoms with E-state index in [4.69, 9.17) is 0 Å². The van der Waals surface area contributed by atoms with Gasteiger partial charge < -0.3 is 20.6 Å². The summed E-state index contributed by atoms with van der Waals surface area (Å²) in [5, 5.41) is 20.0. The molecule has 2 amide bonds. The number of halogens is 2. The highest BCUT2D eigenvalue weighted by Gasteiger charge is 2.34. The van der Waals surface area contributed by atoms with E-state index in [0.29, 0.717) is 18.5 Å². The minimum absolute atomic E-state index is 0.0271. The van der Waals surface area contributed by atoms with Crippen LogP contribution < -0.4 is 10.6 Å². The average molecular weight is 556 g/mol. The van der Waals surface area contributed by atoms with Crippen molar-refractivity contribution in [2.75, 3.05) is 13.1 Å². The maximum absolute atomic E-state index is 13.8. The van der Waals surface area contributed by atoms with E-state index in [-0.39, 0.29) is 35.7 Å². The highest BCUT2D eigenvalue weighted by atomic mass is 32.1. The normalized spacial score (nSPS) is 20.7. The van der Waals surface area contributed by atoms with Gasteiger partial charge in [-0.2, -0.15) is 0 Å². The van der Waals surface area contributed by atoms with Crippen LogP contribution in [0.3, 0.4) is 0 Å². The van der Waals surface area contributed by atoms with E-state index in [1.165, 1.54) is 41.8 Å². The van der Waals surface area contributed by atoms with Crippen molar-refractivity contribution in [1.29, 1.82) is 0 Å². The molecule has 3 N–H and O–H groups in total. The Labute approximate surface area is 229 Å². The number of aliphatic hydroxyl groups excluding tert-OH is 1. The van der Waals surface area contributed by atoms with Crippen molar-refractivity contribution in [2.45, 2.75) is 63.3 Å². The molecule has 3 aromatic rings. The minimum Gasteiger partial charge on any atom is -0.389 e. The Bertz CT molecular complexity index is 1330. The van der Waals surface area contributed by atoms with Crippen LogP contribution in [0, 0.1) is 18.6 Å². The number of benzene rings is 1. The third kappa shape index (κ3) is 6.32. The van der Waals surface area contributed by atoms with E-state index in [1.807, 2.05) is 12.3 Å². The Kier molecular flexibility index (Phi) is 8.29. The van der Waals surface area contributed by atoms with Crippen molar-refractivity contribution in [1.82, 2.24) is 25.5 Å². The molecule has 0 saturated carbocycles. The lowest BCUT2D eigenvalue weighted by molar-refractivity contribution is 0.0728. The van der Waals surface area contributed by atoms with Crippen LogP contribution in [-0.4, -0.2) is 63.1 Å². The van der Waals surface area contributed by atoms with Crippen LogP contribution in [0.15, 0.2) is 41.9 Å². The molecule has 4 atom stereocenters. The topological polar surface area (TPSA) is 107 Å². The van der Waals surface area contributed by atoms with Crippen LogP contribution in [0.2, 0.25) is 0 Å². The minimum atomic E-state index is -0.988. The second kappa shape index (κ2) is 11.8. The van der Waals surface area contributed by atoms with Gasteiger partial charge in [0.25, 0.3) is 11.8 Å². The summed E-state index contributed by atoms with van der Waals surface area (Å²) in [7, 11) is 0. The van der Waals surface area contributed by atoms with Crippen LogP contribution in [0.4, 0.5) is 8.78 Å². The van der Waals surface area contributed by atoms with Gasteiger partial charge in [0.15, 0.2) is 0 Å². The Morgan fingerprint density at radius 2 is 2.00 bits per heavy atom. The third-order valence-electron chi connectivity index (χ3n) is 7.29. The summed E-state index contributed by atoms with van der Waals surface area (Å²) in [4.78, 5) is 37.3. The molecule has 4 heterocycles. The molecule has 8 nitrogen and oxygen atoms in total. The largest absolute Gasteiger partial charge is 0.389 e. The zero-order valence-corrected chi connectivity index (χ0v) is 22.4. The van der Waals surface area contributed by atoms with Crippen molar-refractivity contribution in [2.24, 2.45) is 0 Å². The van der Waals surface area contributed by atoms with Crippen molar-refractivity contribution in [3.05, 3.63) is 81.1 Å². The van der Waals surface area contributed by atoms with Gasteiger partial charge in [0, 0.05) is 41.5 Å². The SMILES string of the molecule is Cc1csc(C2CCCN2C(=O)c2cc(C(=O)NC(Cc3cc(F)cc(F)c3)C(O)C3CCCN3)ccn2)n1. The number of nitrogens with zero attached hydrogens (tertiary/aromatic N) is 3. The van der Waals surface area contributed by atoms with Crippen LogP contribution in [0.1, 0.15) is 68.8 Å². The van der Waals surface area contributed by atoms with E-state index in [2.05, 4.69) is 20.6 Å². The fourth-order valence-electron chi connectivity index (χ4n) is 5.40. The first-order valence-corrected chi connectivity index (χ1v) is 14.0. The number of aryl methyl sites for hydroxylation is 1. The fraction of sp³-hybridized carbons (Fsp3) is 0.429. The number of aromatic nitrogens is 2. The molecule has 4 unspecified atom stereocenters. The number of carbonyl (C=O) groups is 2. The zero-order valence-electron chi connectivity index (χ0n) is 21.6. The van der Waals surface area contributed by atoms with E-state index in [0.717, 1.165) is 42.6 Å². The standard InChI is InChI=1S/C28H31F2N5O3S/c1-16-15-39-27(33-16)24-5-3-9-35(24)28(38)23-13-18(6-8-32-23)26(37)34-22(25(36)21-4-2-7-31-21)12-17-10-19(29)14-20(30)11-17/h6,8,10-11,13-15,21-22,24-25,31,36H,2-5,7,9,12H2,1H3,(H,34,37). The van der Waals surface area contributed by atoms with E-state index < -0.39 is 29.7 Å². The molecule has 2 aliphatic heterocycles. The summed E-state index contributed by atoms with van der Waals surface area (Å²) in [6, 6.07) is 4.90. The predicted octanol–water partition coefficient (Wildman–Crippen LogP) is 3.56. The van der Waals surface area contributed by atoms with E-state index >= 15 is 0 Å². The lowest BCUT2D eigenvalue weighted by Crippen LogP contribution is -2.52. The van der Waals surface area contributed by atoms with Gasteiger partial charge in [-0.1, -0.05) is 0 Å². The molecule has 0 aliphatic carbocycles. The number of nitrogens with one attached hydrogen (secondary N) is 2. The lowest BCUT2D eigenvalue weighted by atomic mass is 9.95. The number of aliphatic hydroxyl groups is 1. The van der Waals surface area contributed by atoms with E-state index in [1.54, 1.807) is 4.90 Å². The summed E-state index contributed by atoms with van der Waals surface area (Å²) in [5.74, 6) is -2.25. The molecule has 2 fully saturated rings. The Morgan fingerprint density at radius 1 is 1.21 bits per heavy atom. The molecule has 39 heavy (non-hydrogen) atoms. The Morgan fingerprint density at radius 3 is 2.69 bits per heavy atom. The fourth-order valence-corrected chi connectivity index (χ4v) is 6.35. The van der Waals surface area contributed by atoms with Gasteiger partial charge in [-0.15, -0.1) is 11.3 Å². The molecule has 2 aromatic heterocycles. The molecule has 0 spiro atoms. The van der Waals surface area contributed by atoms with Gasteiger partial charge in [-0.25, -0.2) is 13.8 Å². The number of hydrogen-bond acceptors (Lipinski definition) is 7. The number of pyridine rings is 1. The first-order valence-electron chi connectivity index (χ1n) is 13.1. The van der Waals surface area contributed by atoms with Crippen LogP contribution >= 0.6 is 11.3 Å². The summed E-state index contributed by atoms with van der Waals surface area (Å²) in [6.45, 7) is 3.24. The van der Waals surface area contributed by atoms with Crippen LogP contribution in [0.25, 0.3) is 0 Å². The van der Waals surface area contributed by atoms with Gasteiger partial charge >= 0.3 is 0 Å². The molecule has 206 valence electrons. The first-order chi connectivity index (χ1) is 18.8. The van der Waals surface area contributed by atoms with Gasteiger partial charge in [-0.3, -0.25) is 14.6 Å². The molecule has 5 rings (SSSR count). The number of thiazole rings is 1. The molecular weight excluding hydrogens is 524 g/mol. The average Bonchev–Trinajstić information content (AvgIpc) is 3.69. The van der Waals surface area contributed by atoms with E-state index in [9.17, 15) is 23.5 Å². The summed E-state index contributed by atoms with van der Waals surface area (Å²) in [5.41, 5.74) is 1.58. The second-order valence-electron chi connectivity index (χ2n) is 10.2. The summed E-state index contributed by atoms with van der Waals surface area (Å²) >= 11 is 1.53. The van der Waals surface area contributed by atoms with Crippen molar-refractivity contribution < 1.29 is 23.5 Å². The number of hydrogen-bond donors (Lipinski definition) is 3. The van der Waals surface area contributed by atoms with Gasteiger partial charge in [0.2, 0.25) is 0 Å². The first kappa shape index (κ1) is 27.3. The molecular formula is C28H31F2N5O3S. The van der Waals surface area contributed by atoms with Crippen molar-refractivity contribution in [3.63, 3.8) is 0 Å². The summed E-state index contributed by atoms with van der Waals surface area (Å²) in [6.07, 6.45) is 3.71. The van der Waals surface area contributed by atoms with Crippen molar-refractivity contribution in [3.8, 4) is 0 Å².